The number of esters is 1. The van der Waals surface area contributed by atoms with Crippen LogP contribution in [0.2, 0.25) is 0 Å². The molecule has 0 saturated carbocycles. The molecular formula is C15H16Cl2F2N8O3. The number of fused-ring (bicyclic) bond motifs is 1. The quantitative estimate of drug-likeness (QED) is 0.151. The number of nitrogens with two attached hydrogens (primary N) is 3. The topological polar surface area (TPSA) is 200 Å². The van der Waals surface area contributed by atoms with Gasteiger partial charge < -0.3 is 21.9 Å². The summed E-state index contributed by atoms with van der Waals surface area (Å²) in [5, 5.41) is 5.68. The first-order chi connectivity index (χ1) is 13.5. The fraction of sp³-hybridized carbons (Fsp3) is 0.0667. The van der Waals surface area contributed by atoms with E-state index >= 15 is 0 Å². The van der Waals surface area contributed by atoms with Crippen molar-refractivity contribution in [3.63, 3.8) is 0 Å². The average Bonchev–Trinajstić information content (AvgIpc) is 2.60. The SMILES string of the molecule is COC(=O)c1ncc(F)cc1N.Cl.N=C(N)Cl.Nc1nc2cc(F)cnc2c(=O)[nH]1. The molecular weight excluding hydrogens is 449 g/mol. The van der Waals surface area contributed by atoms with Gasteiger partial charge >= 0.3 is 5.97 Å². The zero-order chi connectivity index (χ0) is 22.1. The summed E-state index contributed by atoms with van der Waals surface area (Å²) < 4.78 is 29.4. The van der Waals surface area contributed by atoms with Gasteiger partial charge in [-0.05, 0) is 11.6 Å². The number of aromatic nitrogens is 4. The number of ether oxygens (including phenoxy) is 1. The maximum Gasteiger partial charge on any atom is 0.358 e. The molecule has 0 radical (unpaired) electrons. The zero-order valence-corrected chi connectivity index (χ0v) is 16.7. The van der Waals surface area contributed by atoms with Crippen LogP contribution in [-0.4, -0.2) is 38.3 Å². The van der Waals surface area contributed by atoms with E-state index in [0.29, 0.717) is 0 Å². The number of amidine groups is 1. The Labute approximate surface area is 178 Å². The van der Waals surface area contributed by atoms with E-state index < -0.39 is 23.2 Å². The zero-order valence-electron chi connectivity index (χ0n) is 15.1. The summed E-state index contributed by atoms with van der Waals surface area (Å²) in [5.41, 5.74) is 14.7. The second kappa shape index (κ2) is 12.1. The van der Waals surface area contributed by atoms with Gasteiger partial charge in [-0.3, -0.25) is 15.2 Å². The molecule has 162 valence electrons. The van der Waals surface area contributed by atoms with Gasteiger partial charge in [0.25, 0.3) is 5.56 Å². The second-order valence-electron chi connectivity index (χ2n) is 4.90. The van der Waals surface area contributed by atoms with Crippen molar-refractivity contribution in [2.75, 3.05) is 18.6 Å². The summed E-state index contributed by atoms with van der Waals surface area (Å²) in [7, 11) is 1.20. The van der Waals surface area contributed by atoms with Crippen molar-refractivity contribution in [3.05, 3.63) is 52.2 Å². The molecule has 3 aromatic heterocycles. The third-order valence-corrected chi connectivity index (χ3v) is 2.79. The molecule has 0 spiro atoms. The van der Waals surface area contributed by atoms with Crippen LogP contribution in [0.25, 0.3) is 11.0 Å². The number of pyridine rings is 2. The van der Waals surface area contributed by atoms with Crippen LogP contribution in [0.5, 0.6) is 0 Å². The van der Waals surface area contributed by atoms with E-state index in [0.717, 1.165) is 24.5 Å². The van der Waals surface area contributed by atoms with Crippen molar-refractivity contribution >= 4 is 57.9 Å². The molecule has 0 amide bonds. The number of halogens is 4. The number of methoxy groups -OCH3 is 1. The van der Waals surface area contributed by atoms with Gasteiger partial charge in [-0.1, -0.05) is 0 Å². The van der Waals surface area contributed by atoms with E-state index in [1.165, 1.54) is 7.11 Å². The molecule has 0 aliphatic heterocycles. The van der Waals surface area contributed by atoms with Crippen LogP contribution in [0.4, 0.5) is 20.4 Å². The van der Waals surface area contributed by atoms with Gasteiger partial charge in [0.15, 0.2) is 16.5 Å². The minimum atomic E-state index is -0.674. The van der Waals surface area contributed by atoms with Crippen molar-refractivity contribution in [1.29, 1.82) is 5.41 Å². The van der Waals surface area contributed by atoms with E-state index in [9.17, 15) is 18.4 Å². The Balaban J connectivity index is 0.000000466. The highest BCUT2D eigenvalue weighted by molar-refractivity contribution is 6.63. The lowest BCUT2D eigenvalue weighted by molar-refractivity contribution is 0.0595. The van der Waals surface area contributed by atoms with Crippen molar-refractivity contribution in [1.82, 2.24) is 19.9 Å². The highest BCUT2D eigenvalue weighted by Crippen LogP contribution is 2.10. The van der Waals surface area contributed by atoms with Crippen molar-refractivity contribution < 1.29 is 18.3 Å². The van der Waals surface area contributed by atoms with Crippen LogP contribution in [0.15, 0.2) is 29.3 Å². The van der Waals surface area contributed by atoms with Gasteiger partial charge in [0, 0.05) is 12.1 Å². The lowest BCUT2D eigenvalue weighted by Gasteiger charge is -2.00. The highest BCUT2D eigenvalue weighted by Gasteiger charge is 2.11. The molecule has 11 nitrogen and oxygen atoms in total. The second-order valence-corrected chi connectivity index (χ2v) is 5.31. The maximum absolute atomic E-state index is 12.6. The van der Waals surface area contributed by atoms with Gasteiger partial charge in [0.2, 0.25) is 5.95 Å². The van der Waals surface area contributed by atoms with E-state index in [4.69, 9.17) is 16.9 Å². The highest BCUT2D eigenvalue weighted by atomic mass is 35.5. The molecule has 0 fully saturated rings. The standard InChI is InChI=1S/C7H5FN4O.C7H7FN2O2.CH3ClN2.ClH/c8-3-1-4-5(10-2-3)6(13)12-7(9)11-4;1-12-7(11)6-5(9)2-4(8)3-10-6;2-1(3)4;/h1-2H,(H3,9,11,12,13);2-3H,9H2,1H3;(H3,3,4);1H. The minimum Gasteiger partial charge on any atom is -0.464 e. The number of nitrogens with one attached hydrogen (secondary N) is 2. The summed E-state index contributed by atoms with van der Waals surface area (Å²) in [4.78, 5) is 35.0. The van der Waals surface area contributed by atoms with Crippen molar-refractivity contribution in [2.45, 2.75) is 0 Å². The lowest BCUT2D eigenvalue weighted by Crippen LogP contribution is -2.12. The van der Waals surface area contributed by atoms with Crippen LogP contribution in [0.3, 0.4) is 0 Å². The molecule has 0 atom stereocenters. The molecule has 30 heavy (non-hydrogen) atoms. The number of nitrogens with zero attached hydrogens (tertiary/aromatic N) is 3. The summed E-state index contributed by atoms with van der Waals surface area (Å²) in [6.45, 7) is 0. The molecule has 0 aliphatic rings. The molecule has 8 N–H and O–H groups in total. The third kappa shape index (κ3) is 8.20. The summed E-state index contributed by atoms with van der Waals surface area (Å²) >= 11 is 4.64. The molecule has 3 heterocycles. The number of hydrogen-bond acceptors (Lipinski definition) is 9. The molecule has 3 rings (SSSR count). The van der Waals surface area contributed by atoms with Crippen molar-refractivity contribution in [3.8, 4) is 0 Å². The molecule has 0 aliphatic carbocycles. The van der Waals surface area contributed by atoms with E-state index in [1.54, 1.807) is 0 Å². The summed E-state index contributed by atoms with van der Waals surface area (Å²) in [6, 6.07) is 2.12. The van der Waals surface area contributed by atoms with Crippen LogP contribution in [0.1, 0.15) is 10.5 Å². The number of carbonyl (C=O) groups is 1. The Bertz CT molecular complexity index is 1090. The van der Waals surface area contributed by atoms with Crippen LogP contribution >= 0.6 is 24.0 Å². The van der Waals surface area contributed by atoms with E-state index in [2.05, 4.69) is 42.0 Å². The predicted octanol–water partition coefficient (Wildman–Crippen LogP) is 1.17. The molecule has 3 aromatic rings. The smallest absolute Gasteiger partial charge is 0.358 e. The van der Waals surface area contributed by atoms with Gasteiger partial charge in [0.1, 0.15) is 17.2 Å². The Morgan fingerprint density at radius 3 is 2.27 bits per heavy atom. The number of carbonyl (C=O) groups excluding carboxylic acids is 1. The molecule has 0 bridgehead atoms. The maximum atomic E-state index is 12.6. The fourth-order valence-corrected chi connectivity index (χ4v) is 1.74. The first-order valence-electron chi connectivity index (χ1n) is 7.35. The Morgan fingerprint density at radius 1 is 1.20 bits per heavy atom. The minimum absolute atomic E-state index is 0. The Kier molecular flexibility index (Phi) is 10.6. The van der Waals surface area contributed by atoms with Gasteiger partial charge in [-0.15, -0.1) is 12.4 Å². The Morgan fingerprint density at radius 2 is 1.73 bits per heavy atom. The molecule has 0 saturated heterocycles. The lowest BCUT2D eigenvalue weighted by atomic mass is 10.3. The monoisotopic (exact) mass is 464 g/mol. The number of aromatic amines is 1. The van der Waals surface area contributed by atoms with E-state index in [-0.39, 0.29) is 46.1 Å². The number of hydrogen-bond donors (Lipinski definition) is 5. The Hall–Kier alpha value is -3.58. The van der Waals surface area contributed by atoms with Gasteiger partial charge in [-0.2, -0.15) is 0 Å². The fourth-order valence-electron chi connectivity index (χ4n) is 1.74. The molecule has 0 unspecified atom stereocenters. The first-order valence-corrected chi connectivity index (χ1v) is 7.72. The van der Waals surface area contributed by atoms with E-state index in [1.807, 2.05) is 0 Å². The van der Waals surface area contributed by atoms with Crippen LogP contribution in [0, 0.1) is 17.0 Å². The van der Waals surface area contributed by atoms with Crippen LogP contribution in [-0.2, 0) is 4.74 Å². The van der Waals surface area contributed by atoms with Gasteiger partial charge in [-0.25, -0.2) is 28.5 Å². The largest absolute Gasteiger partial charge is 0.464 e. The molecule has 0 aromatic carbocycles. The number of H-pyrrole nitrogens is 1. The van der Waals surface area contributed by atoms with Crippen LogP contribution < -0.4 is 22.8 Å². The third-order valence-electron chi connectivity index (χ3n) is 2.79. The normalized spacial score (nSPS) is 9.20. The van der Waals surface area contributed by atoms with Crippen molar-refractivity contribution in [2.24, 2.45) is 5.73 Å². The number of anilines is 2. The number of rotatable bonds is 1. The predicted molar refractivity (Wildman–Crippen MR) is 109 cm³/mol. The average molecular weight is 465 g/mol. The first kappa shape index (κ1) is 26.4. The number of nitrogen functional groups attached to an aromatic ring is 2. The summed E-state index contributed by atoms with van der Waals surface area (Å²) in [5.74, 6) is -1.86. The molecule has 15 heteroatoms. The van der Waals surface area contributed by atoms with Gasteiger partial charge in [0.05, 0.1) is 25.2 Å². The summed E-state index contributed by atoms with van der Waals surface area (Å²) in [6.07, 6.45) is 1.86.